The molecule has 218 valence electrons. The summed E-state index contributed by atoms with van der Waals surface area (Å²) in [5, 5.41) is 10.6. The third-order valence-electron chi connectivity index (χ3n) is 11.4. The van der Waals surface area contributed by atoms with Gasteiger partial charge in [-0.1, -0.05) is 146 Å². The van der Waals surface area contributed by atoms with E-state index in [1.807, 2.05) is 0 Å². The smallest absolute Gasteiger partial charge is 0.0296 e. The number of benzene rings is 9. The van der Waals surface area contributed by atoms with E-state index in [9.17, 15) is 0 Å². The number of fused-ring (bicyclic) bond motifs is 7. The monoisotopic (exact) mass is 594 g/mol. The molecule has 0 saturated heterocycles. The maximum absolute atomic E-state index is 2.55. The molecule has 0 bridgehead atoms. The molecule has 0 nitrogen and oxygen atoms in total. The van der Waals surface area contributed by atoms with Crippen LogP contribution >= 0.6 is 0 Å². The second-order valence-corrected chi connectivity index (χ2v) is 13.7. The topological polar surface area (TPSA) is 0 Å². The summed E-state index contributed by atoms with van der Waals surface area (Å²) in [6.45, 7) is 0. The van der Waals surface area contributed by atoms with E-state index in [0.717, 1.165) is 12.8 Å². The summed E-state index contributed by atoms with van der Waals surface area (Å²) in [7, 11) is 0. The molecule has 0 N–H and O–H groups in total. The van der Waals surface area contributed by atoms with Gasteiger partial charge < -0.3 is 0 Å². The number of hydrogen-bond acceptors (Lipinski definition) is 0. The van der Waals surface area contributed by atoms with E-state index < -0.39 is 0 Å². The molecule has 0 radical (unpaired) electrons. The average molecular weight is 595 g/mol. The van der Waals surface area contributed by atoms with Gasteiger partial charge in [-0.15, -0.1) is 0 Å². The Morgan fingerprint density at radius 1 is 0.340 bits per heavy atom. The maximum Gasteiger partial charge on any atom is 0.0296 e. The molecule has 0 unspecified atom stereocenters. The predicted molar refractivity (Wildman–Crippen MR) is 199 cm³/mol. The number of rotatable bonds is 2. The van der Waals surface area contributed by atoms with E-state index in [2.05, 4.69) is 158 Å². The third kappa shape index (κ3) is 3.42. The second kappa shape index (κ2) is 9.18. The molecule has 0 atom stereocenters. The van der Waals surface area contributed by atoms with Gasteiger partial charge in [0.05, 0.1) is 0 Å². The fraction of sp³-hybridized carbons (Fsp3) is 0.0638. The van der Waals surface area contributed by atoms with Gasteiger partial charge in [-0.2, -0.15) is 0 Å². The van der Waals surface area contributed by atoms with Crippen LogP contribution < -0.4 is 0 Å². The van der Waals surface area contributed by atoms with E-state index in [1.54, 1.807) is 0 Å². The van der Waals surface area contributed by atoms with Crippen LogP contribution in [0.4, 0.5) is 0 Å². The fourth-order valence-corrected chi connectivity index (χ4v) is 9.29. The van der Waals surface area contributed by atoms with E-state index >= 15 is 0 Å². The van der Waals surface area contributed by atoms with Crippen molar-refractivity contribution < 1.29 is 0 Å². The van der Waals surface area contributed by atoms with E-state index in [1.165, 1.54) is 98.7 Å². The highest BCUT2D eigenvalue weighted by Crippen LogP contribution is 2.57. The lowest BCUT2D eigenvalue weighted by atomic mass is 9.74. The van der Waals surface area contributed by atoms with E-state index in [0.29, 0.717) is 0 Å². The van der Waals surface area contributed by atoms with Gasteiger partial charge in [0, 0.05) is 5.41 Å². The normalized spacial score (nSPS) is 14.4. The standard InChI is InChI=1S/C47H30/c1-2-9-36-28-47(27-35(36)8-1)43-25-33(38-14-6-10-29-7-3-4-13-37(29)38)19-22-40(43)41-23-20-34(26-44(41)47)39-21-17-32-16-15-30-11-5-12-31-18-24-42(39)46(32)45(30)31/h1-26H,27-28H2. The zero-order valence-electron chi connectivity index (χ0n) is 25.9. The molecule has 2 aliphatic carbocycles. The molecule has 0 saturated carbocycles. The minimum absolute atomic E-state index is 0.0885. The van der Waals surface area contributed by atoms with Gasteiger partial charge in [-0.05, 0) is 124 Å². The van der Waals surface area contributed by atoms with Crippen LogP contribution in [0.1, 0.15) is 22.3 Å². The minimum atomic E-state index is -0.0885. The molecule has 0 heterocycles. The molecule has 9 aromatic carbocycles. The molecule has 1 spiro atoms. The molecular weight excluding hydrogens is 565 g/mol. The zero-order valence-corrected chi connectivity index (χ0v) is 25.9. The first-order chi connectivity index (χ1) is 23.2. The SMILES string of the molecule is c1ccc2c(c1)CC1(C2)c2cc(-c3cccc4ccccc34)ccc2-c2ccc(-c3ccc4ccc5cccc6ccc3c4c56)cc21. The molecule has 0 heteroatoms. The van der Waals surface area contributed by atoms with Gasteiger partial charge in [-0.3, -0.25) is 0 Å². The molecule has 2 aliphatic rings. The van der Waals surface area contributed by atoms with Crippen molar-refractivity contribution in [3.8, 4) is 33.4 Å². The molecule has 0 aliphatic heterocycles. The molecule has 11 rings (SSSR count). The summed E-state index contributed by atoms with van der Waals surface area (Å²) < 4.78 is 0. The van der Waals surface area contributed by atoms with Gasteiger partial charge in [0.25, 0.3) is 0 Å². The third-order valence-corrected chi connectivity index (χ3v) is 11.4. The van der Waals surface area contributed by atoms with Crippen LogP contribution in [0.2, 0.25) is 0 Å². The van der Waals surface area contributed by atoms with Crippen LogP contribution in [-0.4, -0.2) is 0 Å². The minimum Gasteiger partial charge on any atom is -0.0620 e. The van der Waals surface area contributed by atoms with Crippen molar-refractivity contribution in [2.75, 3.05) is 0 Å². The summed E-state index contributed by atoms with van der Waals surface area (Å²) in [5.74, 6) is 0. The Balaban J connectivity index is 1.14. The first-order valence-corrected chi connectivity index (χ1v) is 16.8. The van der Waals surface area contributed by atoms with Crippen LogP contribution in [0.5, 0.6) is 0 Å². The molecule has 0 amide bonds. The van der Waals surface area contributed by atoms with Crippen LogP contribution in [0.3, 0.4) is 0 Å². The zero-order chi connectivity index (χ0) is 30.7. The Hall–Kier alpha value is -5.72. The lowest BCUT2D eigenvalue weighted by molar-refractivity contribution is 0.564. The highest BCUT2D eigenvalue weighted by Gasteiger charge is 2.47. The van der Waals surface area contributed by atoms with Gasteiger partial charge in [0.15, 0.2) is 0 Å². The second-order valence-electron chi connectivity index (χ2n) is 13.7. The van der Waals surface area contributed by atoms with E-state index in [-0.39, 0.29) is 5.41 Å². The molecule has 47 heavy (non-hydrogen) atoms. The average Bonchev–Trinajstić information content (AvgIpc) is 3.65. The van der Waals surface area contributed by atoms with Crippen molar-refractivity contribution in [1.82, 2.24) is 0 Å². The fourth-order valence-electron chi connectivity index (χ4n) is 9.29. The maximum atomic E-state index is 2.55. The highest BCUT2D eigenvalue weighted by molar-refractivity contribution is 6.25. The Morgan fingerprint density at radius 3 is 1.57 bits per heavy atom. The Labute approximate surface area is 273 Å². The van der Waals surface area contributed by atoms with Gasteiger partial charge in [-0.25, -0.2) is 0 Å². The van der Waals surface area contributed by atoms with Crippen LogP contribution in [0, 0.1) is 0 Å². The highest BCUT2D eigenvalue weighted by atomic mass is 14.5. The van der Waals surface area contributed by atoms with Gasteiger partial charge in [0.1, 0.15) is 0 Å². The van der Waals surface area contributed by atoms with Gasteiger partial charge >= 0.3 is 0 Å². The van der Waals surface area contributed by atoms with Crippen molar-refractivity contribution in [2.45, 2.75) is 18.3 Å². The van der Waals surface area contributed by atoms with Crippen molar-refractivity contribution in [3.63, 3.8) is 0 Å². The summed E-state index contributed by atoms with van der Waals surface area (Å²) in [6, 6.07) is 59.7. The molecular formula is C47H30. The van der Waals surface area contributed by atoms with Crippen LogP contribution in [-0.2, 0) is 18.3 Å². The Morgan fingerprint density at radius 2 is 0.851 bits per heavy atom. The number of hydrogen-bond donors (Lipinski definition) is 0. The summed E-state index contributed by atoms with van der Waals surface area (Å²) in [5.41, 5.74) is 13.8. The van der Waals surface area contributed by atoms with Crippen LogP contribution in [0.15, 0.2) is 158 Å². The predicted octanol–water partition coefficient (Wildman–Crippen LogP) is 12.1. The Kier molecular flexibility index (Phi) is 4.97. The molecule has 0 aromatic heterocycles. The van der Waals surface area contributed by atoms with Gasteiger partial charge in [0.2, 0.25) is 0 Å². The van der Waals surface area contributed by atoms with Crippen LogP contribution in [0.25, 0.3) is 76.5 Å². The van der Waals surface area contributed by atoms with Crippen molar-refractivity contribution >= 4 is 43.1 Å². The van der Waals surface area contributed by atoms with Crippen molar-refractivity contribution in [3.05, 3.63) is 180 Å². The molecule has 9 aromatic rings. The lowest BCUT2D eigenvalue weighted by Gasteiger charge is -2.28. The largest absolute Gasteiger partial charge is 0.0620 e. The quantitative estimate of drug-likeness (QED) is 0.175. The summed E-state index contributed by atoms with van der Waals surface area (Å²) >= 11 is 0. The summed E-state index contributed by atoms with van der Waals surface area (Å²) in [4.78, 5) is 0. The molecule has 0 fully saturated rings. The van der Waals surface area contributed by atoms with E-state index in [4.69, 9.17) is 0 Å². The Bertz CT molecular complexity index is 2700. The van der Waals surface area contributed by atoms with Crippen molar-refractivity contribution in [1.29, 1.82) is 0 Å². The first kappa shape index (κ1) is 25.5. The lowest BCUT2D eigenvalue weighted by Crippen LogP contribution is -2.26. The van der Waals surface area contributed by atoms with Crippen molar-refractivity contribution in [2.24, 2.45) is 0 Å². The first-order valence-electron chi connectivity index (χ1n) is 16.8. The summed E-state index contributed by atoms with van der Waals surface area (Å²) in [6.07, 6.45) is 2.06.